The van der Waals surface area contributed by atoms with Gasteiger partial charge in [0.05, 0.1) is 13.2 Å². The molecular formula is C8H22O6P2. The highest BCUT2D eigenvalue weighted by molar-refractivity contribution is 7.40. The van der Waals surface area contributed by atoms with Gasteiger partial charge in [-0.25, -0.2) is 0 Å². The Morgan fingerprint density at radius 2 is 1.12 bits per heavy atom. The van der Waals surface area contributed by atoms with E-state index in [0.29, 0.717) is 13.2 Å². The largest absolute Gasteiger partial charge is 0.329 e. The lowest BCUT2D eigenvalue weighted by molar-refractivity contribution is 0.196. The van der Waals surface area contributed by atoms with Gasteiger partial charge in [-0.2, -0.15) is 0 Å². The highest BCUT2D eigenvalue weighted by Gasteiger charge is 2.04. The molecule has 0 aromatic rings. The number of unbranched alkanes of at least 4 members (excludes halogenated alkanes) is 2. The van der Waals surface area contributed by atoms with Crippen LogP contribution in [0.5, 0.6) is 0 Å². The van der Waals surface area contributed by atoms with E-state index in [4.69, 9.17) is 28.6 Å². The molecule has 0 amide bonds. The number of rotatable bonds is 8. The van der Waals surface area contributed by atoms with Crippen LogP contribution in [0.25, 0.3) is 0 Å². The lowest BCUT2D eigenvalue weighted by atomic mass is 10.4. The van der Waals surface area contributed by atoms with Crippen molar-refractivity contribution >= 4 is 17.2 Å². The Kier molecular flexibility index (Phi) is 18.5. The smallest absolute Gasteiger partial charge is 0.328 e. The van der Waals surface area contributed by atoms with Crippen LogP contribution in [-0.2, 0) is 9.05 Å². The van der Waals surface area contributed by atoms with Crippen LogP contribution in [0, 0.1) is 0 Å². The summed E-state index contributed by atoms with van der Waals surface area (Å²) in [5, 5.41) is 0. The van der Waals surface area contributed by atoms with Crippen molar-refractivity contribution < 1.29 is 28.6 Å². The molecule has 0 saturated heterocycles. The van der Waals surface area contributed by atoms with E-state index in [9.17, 15) is 0 Å². The van der Waals surface area contributed by atoms with E-state index in [0.717, 1.165) is 25.7 Å². The van der Waals surface area contributed by atoms with Crippen LogP contribution in [0.1, 0.15) is 39.5 Å². The van der Waals surface area contributed by atoms with Gasteiger partial charge >= 0.3 is 17.2 Å². The Balaban J connectivity index is 0. The van der Waals surface area contributed by atoms with Gasteiger partial charge in [0, 0.05) is 0 Å². The maximum atomic E-state index is 9.12. The zero-order chi connectivity index (χ0) is 12.8. The van der Waals surface area contributed by atoms with Crippen LogP contribution in [0.3, 0.4) is 0 Å². The van der Waals surface area contributed by atoms with Crippen molar-refractivity contribution in [2.75, 3.05) is 13.2 Å². The van der Waals surface area contributed by atoms with Crippen molar-refractivity contribution in [2.24, 2.45) is 0 Å². The third kappa shape index (κ3) is 24.0. The second-order valence-electron chi connectivity index (χ2n) is 2.88. The van der Waals surface area contributed by atoms with Gasteiger partial charge in [0.2, 0.25) is 0 Å². The Bertz CT molecular complexity index is 114. The van der Waals surface area contributed by atoms with E-state index < -0.39 is 17.2 Å². The summed E-state index contributed by atoms with van der Waals surface area (Å²) in [6.07, 6.45) is 4.13. The van der Waals surface area contributed by atoms with E-state index in [2.05, 4.69) is 13.8 Å². The van der Waals surface area contributed by atoms with E-state index in [1.807, 2.05) is 0 Å². The van der Waals surface area contributed by atoms with E-state index in [-0.39, 0.29) is 0 Å². The van der Waals surface area contributed by atoms with Crippen molar-refractivity contribution in [3.63, 3.8) is 0 Å². The molecule has 0 aromatic carbocycles. The molecule has 0 fully saturated rings. The molecule has 0 unspecified atom stereocenters. The lowest BCUT2D eigenvalue weighted by Crippen LogP contribution is -1.94. The summed E-state index contributed by atoms with van der Waals surface area (Å²) >= 11 is 0. The third-order valence-corrected chi connectivity index (χ3v) is 2.21. The molecule has 100 valence electrons. The SMILES string of the molecule is CCCCOP(O)OCCCC.OP(O)O. The van der Waals surface area contributed by atoms with Crippen LogP contribution in [0.4, 0.5) is 0 Å². The van der Waals surface area contributed by atoms with Gasteiger partial charge in [-0.3, -0.25) is 0 Å². The minimum Gasteiger partial charge on any atom is -0.328 e. The summed E-state index contributed by atoms with van der Waals surface area (Å²) in [4.78, 5) is 30.8. The zero-order valence-corrected chi connectivity index (χ0v) is 11.5. The topological polar surface area (TPSA) is 99.4 Å². The fourth-order valence-corrected chi connectivity index (χ4v) is 1.26. The normalized spacial score (nSPS) is 10.5. The Hall–Kier alpha value is 0.620. The minimum absolute atomic E-state index is 0.602. The van der Waals surface area contributed by atoms with Crippen LogP contribution in [0.15, 0.2) is 0 Å². The monoisotopic (exact) mass is 276 g/mol. The van der Waals surface area contributed by atoms with Crippen molar-refractivity contribution in [3.05, 3.63) is 0 Å². The molecule has 8 heteroatoms. The summed E-state index contributed by atoms with van der Waals surface area (Å²) < 4.78 is 10.1. The molecular weight excluding hydrogens is 254 g/mol. The molecule has 6 nitrogen and oxygen atoms in total. The quantitative estimate of drug-likeness (QED) is 0.400. The zero-order valence-electron chi connectivity index (χ0n) is 9.74. The Morgan fingerprint density at radius 3 is 1.38 bits per heavy atom. The predicted octanol–water partition coefficient (Wildman–Crippen LogP) is 2.03. The van der Waals surface area contributed by atoms with Crippen molar-refractivity contribution in [1.29, 1.82) is 0 Å². The first kappa shape index (κ1) is 19.0. The fourth-order valence-electron chi connectivity index (χ4n) is 0.611. The molecule has 0 radical (unpaired) electrons. The average molecular weight is 276 g/mol. The number of hydrogen-bond acceptors (Lipinski definition) is 6. The van der Waals surface area contributed by atoms with E-state index in [1.165, 1.54) is 0 Å². The van der Waals surface area contributed by atoms with Gasteiger partial charge in [0.1, 0.15) is 0 Å². The first-order chi connectivity index (χ1) is 7.54. The summed E-state index contributed by atoms with van der Waals surface area (Å²) in [7, 11) is -4.22. The number of hydrogen-bond donors (Lipinski definition) is 4. The van der Waals surface area contributed by atoms with Crippen LogP contribution in [-0.4, -0.2) is 32.8 Å². The second kappa shape index (κ2) is 15.6. The first-order valence-electron chi connectivity index (χ1n) is 5.16. The van der Waals surface area contributed by atoms with Crippen molar-refractivity contribution in [1.82, 2.24) is 0 Å². The molecule has 0 spiro atoms. The van der Waals surface area contributed by atoms with Gasteiger partial charge in [-0.05, 0) is 12.8 Å². The molecule has 0 rings (SSSR count). The molecule has 0 saturated carbocycles. The maximum absolute atomic E-state index is 9.12. The predicted molar refractivity (Wildman–Crippen MR) is 64.4 cm³/mol. The van der Waals surface area contributed by atoms with E-state index in [1.54, 1.807) is 0 Å². The molecule has 0 atom stereocenters. The third-order valence-electron chi connectivity index (χ3n) is 1.40. The lowest BCUT2D eigenvalue weighted by Gasteiger charge is -2.09. The molecule has 0 aliphatic heterocycles. The van der Waals surface area contributed by atoms with Crippen LogP contribution in [0.2, 0.25) is 0 Å². The summed E-state index contributed by atoms with van der Waals surface area (Å²) in [5.74, 6) is 0. The fraction of sp³-hybridized carbons (Fsp3) is 1.00. The van der Waals surface area contributed by atoms with Gasteiger partial charge in [-0.1, -0.05) is 26.7 Å². The van der Waals surface area contributed by atoms with Gasteiger partial charge < -0.3 is 28.6 Å². The molecule has 0 aromatic heterocycles. The Morgan fingerprint density at radius 1 is 0.812 bits per heavy atom. The first-order valence-corrected chi connectivity index (χ1v) is 7.49. The highest BCUT2D eigenvalue weighted by atomic mass is 31.2. The Labute approximate surface area is 99.2 Å². The van der Waals surface area contributed by atoms with Crippen molar-refractivity contribution in [2.45, 2.75) is 39.5 Å². The van der Waals surface area contributed by atoms with Crippen LogP contribution >= 0.6 is 17.2 Å². The molecule has 16 heavy (non-hydrogen) atoms. The summed E-state index contributed by atoms with van der Waals surface area (Å²) in [5.41, 5.74) is 0. The summed E-state index contributed by atoms with van der Waals surface area (Å²) in [6.45, 7) is 5.37. The van der Waals surface area contributed by atoms with E-state index >= 15 is 0 Å². The molecule has 0 aliphatic rings. The highest BCUT2D eigenvalue weighted by Crippen LogP contribution is 2.32. The van der Waals surface area contributed by atoms with Gasteiger partial charge in [0.15, 0.2) is 0 Å². The molecule has 0 bridgehead atoms. The van der Waals surface area contributed by atoms with Gasteiger partial charge in [0.25, 0.3) is 0 Å². The second-order valence-corrected chi connectivity index (χ2v) is 4.41. The summed E-state index contributed by atoms with van der Waals surface area (Å²) in [6, 6.07) is 0. The molecule has 4 N–H and O–H groups in total. The minimum atomic E-state index is -2.62. The standard InChI is InChI=1S/C8H19O3P.H3O3P/c1-3-5-7-10-12(9)11-8-6-4-2;1-4(2)3/h9H,3-8H2,1-2H3;1-3H. The van der Waals surface area contributed by atoms with Crippen LogP contribution < -0.4 is 0 Å². The molecule has 0 heterocycles. The molecule has 0 aliphatic carbocycles. The van der Waals surface area contributed by atoms with Gasteiger partial charge in [-0.15, -0.1) is 0 Å². The maximum Gasteiger partial charge on any atom is 0.329 e. The van der Waals surface area contributed by atoms with Crippen molar-refractivity contribution in [3.8, 4) is 0 Å². The average Bonchev–Trinajstić information content (AvgIpc) is 2.18.